The Morgan fingerprint density at radius 1 is 0.667 bits per heavy atom. The number of hydrogen-bond acceptors (Lipinski definition) is 8. The van der Waals surface area contributed by atoms with Crippen molar-refractivity contribution in [3.63, 3.8) is 0 Å². The highest BCUT2D eigenvalue weighted by molar-refractivity contribution is 4.76. The maximum absolute atomic E-state index is 9.25. The van der Waals surface area contributed by atoms with Gasteiger partial charge in [0, 0.05) is 45.8 Å². The van der Waals surface area contributed by atoms with Crippen LogP contribution in [0.3, 0.4) is 0 Å². The van der Waals surface area contributed by atoms with Crippen LogP contribution in [0.15, 0.2) is 0 Å². The molecule has 2 saturated heterocycles. The van der Waals surface area contributed by atoms with Gasteiger partial charge in [0.1, 0.15) is 0 Å². The summed E-state index contributed by atoms with van der Waals surface area (Å²) in [7, 11) is 0. The van der Waals surface area contributed by atoms with Crippen LogP contribution < -0.4 is 0 Å². The topological polar surface area (TPSA) is 93.9 Å². The van der Waals surface area contributed by atoms with Gasteiger partial charge in [0.05, 0.1) is 0 Å². The molecule has 0 amide bonds. The van der Waals surface area contributed by atoms with Gasteiger partial charge in [-0.15, -0.1) is 0 Å². The second-order valence-corrected chi connectivity index (χ2v) is 6.86. The summed E-state index contributed by atoms with van der Waals surface area (Å²) in [5, 5.41) is 36.8. The fourth-order valence-corrected chi connectivity index (χ4v) is 3.55. The van der Waals surface area contributed by atoms with Crippen molar-refractivity contribution in [1.82, 2.24) is 19.6 Å². The molecule has 2 atom stereocenters. The van der Waals surface area contributed by atoms with Crippen LogP contribution in [-0.4, -0.2) is 125 Å². The lowest BCUT2D eigenvalue weighted by Crippen LogP contribution is -2.48. The van der Waals surface area contributed by atoms with Gasteiger partial charge >= 0.3 is 0 Å². The molecule has 8 nitrogen and oxygen atoms in total. The SMILES string of the molecule is O[C-](O)CN1CCCN2CCN(CCCN(CC(O)O)CC2)CC1. The van der Waals surface area contributed by atoms with Crippen molar-refractivity contribution >= 4 is 0 Å². The standard InChI is InChI=1S/C16H33N4O4/c21-15(22)13-19-5-1-3-17-7-8-18(10-11-19)4-2-6-20(12-9-17)14-16(23)24/h15,21-24H,1-14H2/q-1. The first-order chi connectivity index (χ1) is 11.5. The van der Waals surface area contributed by atoms with Gasteiger partial charge in [-0.1, -0.05) is 12.8 Å². The molecule has 2 unspecified atom stereocenters. The summed E-state index contributed by atoms with van der Waals surface area (Å²) in [6, 6.07) is 0. The third-order valence-corrected chi connectivity index (χ3v) is 4.88. The molecule has 0 aromatic rings. The number of fused-ring (bicyclic) bond motifs is 3. The summed E-state index contributed by atoms with van der Waals surface area (Å²) >= 11 is 0. The van der Waals surface area contributed by atoms with E-state index in [1.807, 2.05) is 0 Å². The molecule has 0 aromatic heterocycles. The summed E-state index contributed by atoms with van der Waals surface area (Å²) in [5.41, 5.74) is 0. The number of rotatable bonds is 4. The highest BCUT2D eigenvalue weighted by Crippen LogP contribution is 2.07. The number of aliphatic hydroxyl groups excluding tert-OH is 2. The Labute approximate surface area is 144 Å². The lowest BCUT2D eigenvalue weighted by molar-refractivity contribution is -0.0631. The highest BCUT2D eigenvalue weighted by Gasteiger charge is 2.18. The maximum Gasteiger partial charge on any atom is 0.164 e. The molecular weight excluding hydrogens is 312 g/mol. The van der Waals surface area contributed by atoms with Crippen LogP contribution in [0.25, 0.3) is 0 Å². The van der Waals surface area contributed by atoms with E-state index in [-0.39, 0.29) is 6.54 Å². The predicted octanol–water partition coefficient (Wildman–Crippen LogP) is -1.45. The predicted molar refractivity (Wildman–Crippen MR) is 90.3 cm³/mol. The van der Waals surface area contributed by atoms with Crippen molar-refractivity contribution in [2.24, 2.45) is 0 Å². The van der Waals surface area contributed by atoms with E-state index in [1.165, 1.54) is 0 Å². The molecule has 142 valence electrons. The first-order valence-electron chi connectivity index (χ1n) is 9.02. The zero-order chi connectivity index (χ0) is 17.4. The van der Waals surface area contributed by atoms with Crippen LogP contribution in [-0.2, 0) is 0 Å². The van der Waals surface area contributed by atoms with Gasteiger partial charge in [0.25, 0.3) is 0 Å². The van der Waals surface area contributed by atoms with Crippen molar-refractivity contribution in [3.8, 4) is 0 Å². The fourth-order valence-electron chi connectivity index (χ4n) is 3.55. The number of β-amino-alcohol motifs (C(OH)–C–C–N with tert-alkyl or cyclic N) is 2. The molecule has 0 saturated carbocycles. The van der Waals surface area contributed by atoms with E-state index in [1.54, 1.807) is 0 Å². The number of nitrogens with zero attached hydrogens (tertiary/aromatic N) is 4. The maximum atomic E-state index is 9.25. The van der Waals surface area contributed by atoms with Crippen molar-refractivity contribution < 1.29 is 20.4 Å². The smallest absolute Gasteiger partial charge is 0.164 e. The van der Waals surface area contributed by atoms with Crippen LogP contribution in [0.5, 0.6) is 0 Å². The van der Waals surface area contributed by atoms with Crippen LogP contribution in [0.4, 0.5) is 0 Å². The average molecular weight is 345 g/mol. The molecule has 2 rings (SSSR count). The van der Waals surface area contributed by atoms with Gasteiger partial charge in [-0.05, 0) is 39.0 Å². The van der Waals surface area contributed by atoms with E-state index >= 15 is 0 Å². The van der Waals surface area contributed by atoms with Gasteiger partial charge in [-0.3, -0.25) is 4.90 Å². The summed E-state index contributed by atoms with van der Waals surface area (Å²) < 4.78 is 0. The zero-order valence-corrected chi connectivity index (χ0v) is 14.6. The van der Waals surface area contributed by atoms with Crippen LogP contribution in [0.1, 0.15) is 12.8 Å². The van der Waals surface area contributed by atoms with Gasteiger partial charge < -0.3 is 35.1 Å². The summed E-state index contributed by atoms with van der Waals surface area (Å²) in [4.78, 5) is 9.10. The minimum atomic E-state index is -1.27. The first-order valence-corrected chi connectivity index (χ1v) is 9.02. The average Bonchev–Trinajstić information content (AvgIpc) is 2.51. The zero-order valence-electron chi connectivity index (χ0n) is 14.6. The van der Waals surface area contributed by atoms with Crippen molar-refractivity contribution in [3.05, 3.63) is 6.29 Å². The van der Waals surface area contributed by atoms with Crippen molar-refractivity contribution in [1.29, 1.82) is 0 Å². The van der Waals surface area contributed by atoms with Crippen LogP contribution in [0.2, 0.25) is 0 Å². The molecule has 0 spiro atoms. The minimum Gasteiger partial charge on any atom is -0.535 e. The summed E-state index contributed by atoms with van der Waals surface area (Å²) in [6.07, 6.45) is 0.224. The van der Waals surface area contributed by atoms with Gasteiger partial charge in [0.2, 0.25) is 0 Å². The molecule has 24 heavy (non-hydrogen) atoms. The van der Waals surface area contributed by atoms with E-state index < -0.39 is 12.6 Å². The molecule has 4 N–H and O–H groups in total. The van der Waals surface area contributed by atoms with E-state index in [2.05, 4.69) is 19.6 Å². The van der Waals surface area contributed by atoms with Crippen LogP contribution >= 0.6 is 0 Å². The highest BCUT2D eigenvalue weighted by atomic mass is 16.5. The fraction of sp³-hybridized carbons (Fsp3) is 0.938. The number of hydrogen-bond donors (Lipinski definition) is 4. The van der Waals surface area contributed by atoms with E-state index in [0.717, 1.165) is 78.3 Å². The van der Waals surface area contributed by atoms with Crippen molar-refractivity contribution in [2.75, 3.05) is 78.5 Å². The van der Waals surface area contributed by atoms with E-state index in [0.29, 0.717) is 6.54 Å². The Bertz CT molecular complexity index is 314. The molecule has 8 heteroatoms. The lowest BCUT2D eigenvalue weighted by atomic mass is 10.2. The molecule has 2 aliphatic rings. The quantitative estimate of drug-likeness (QED) is 0.363. The largest absolute Gasteiger partial charge is 0.535 e. The van der Waals surface area contributed by atoms with Crippen LogP contribution in [0, 0.1) is 6.29 Å². The molecule has 2 fully saturated rings. The Kier molecular flexibility index (Phi) is 8.85. The molecule has 0 aromatic carbocycles. The third-order valence-electron chi connectivity index (χ3n) is 4.88. The Hall–Kier alpha value is -0.320. The molecule has 2 bridgehead atoms. The molecule has 2 heterocycles. The normalized spacial score (nSPS) is 29.2. The first kappa shape index (κ1) is 20.0. The summed E-state index contributed by atoms with van der Waals surface area (Å²) in [6.45, 7) is 9.84. The van der Waals surface area contributed by atoms with Gasteiger partial charge in [-0.25, -0.2) is 0 Å². The van der Waals surface area contributed by atoms with Gasteiger partial charge in [0.15, 0.2) is 6.29 Å². The van der Waals surface area contributed by atoms with E-state index in [4.69, 9.17) is 10.2 Å². The van der Waals surface area contributed by atoms with Gasteiger partial charge in [-0.2, -0.15) is 0 Å². The number of aliphatic hydroxyl groups is 4. The molecular formula is C16H33N4O4-. The van der Waals surface area contributed by atoms with Crippen molar-refractivity contribution in [2.45, 2.75) is 19.1 Å². The Morgan fingerprint density at radius 2 is 1.17 bits per heavy atom. The minimum absolute atomic E-state index is 0.232. The third kappa shape index (κ3) is 7.71. The summed E-state index contributed by atoms with van der Waals surface area (Å²) in [5.74, 6) is 0. The second kappa shape index (κ2) is 10.6. The molecule has 2 aliphatic heterocycles. The van der Waals surface area contributed by atoms with E-state index in [9.17, 15) is 10.2 Å². The lowest BCUT2D eigenvalue weighted by Gasteiger charge is -2.37. The molecule has 0 aliphatic carbocycles. The Morgan fingerprint density at radius 3 is 1.71 bits per heavy atom. The monoisotopic (exact) mass is 345 g/mol. The Balaban J connectivity index is 1.94. The second-order valence-electron chi connectivity index (χ2n) is 6.86. The molecule has 0 radical (unpaired) electrons.